The first-order valence-corrected chi connectivity index (χ1v) is 7.05. The van der Waals surface area contributed by atoms with Crippen LogP contribution < -0.4 is 0 Å². The van der Waals surface area contributed by atoms with E-state index in [-0.39, 0.29) is 5.78 Å². The van der Waals surface area contributed by atoms with Gasteiger partial charge in [0.1, 0.15) is 5.78 Å². The van der Waals surface area contributed by atoms with Gasteiger partial charge in [0.2, 0.25) is 0 Å². The second kappa shape index (κ2) is 6.40. The average molecular weight is 283 g/mol. The Kier molecular flexibility index (Phi) is 4.85. The van der Waals surface area contributed by atoms with Gasteiger partial charge in [-0.05, 0) is 37.3 Å². The molecular formula is C15H16Cl2O. The first-order chi connectivity index (χ1) is 8.66. The Bertz CT molecular complexity index is 477. The molecule has 96 valence electrons. The third-order valence-electron chi connectivity index (χ3n) is 3.23. The summed E-state index contributed by atoms with van der Waals surface area (Å²) in [6, 6.07) is 5.43. The molecule has 0 saturated carbocycles. The largest absolute Gasteiger partial charge is 0.299 e. The lowest BCUT2D eigenvalue weighted by Crippen LogP contribution is -2.06. The summed E-state index contributed by atoms with van der Waals surface area (Å²) in [6.45, 7) is 0. The zero-order chi connectivity index (χ0) is 13.0. The molecule has 0 unspecified atom stereocenters. The van der Waals surface area contributed by atoms with E-state index in [0.717, 1.165) is 18.4 Å². The minimum absolute atomic E-state index is 0.215. The van der Waals surface area contributed by atoms with Gasteiger partial charge in [-0.15, -0.1) is 0 Å². The van der Waals surface area contributed by atoms with Gasteiger partial charge in [0.15, 0.2) is 0 Å². The minimum atomic E-state index is 0.215. The number of hydrogen-bond acceptors (Lipinski definition) is 1. The molecule has 0 radical (unpaired) electrons. The van der Waals surface area contributed by atoms with Crippen molar-refractivity contribution in [2.45, 2.75) is 38.5 Å². The highest BCUT2D eigenvalue weighted by atomic mass is 35.5. The van der Waals surface area contributed by atoms with Crippen LogP contribution in [0.4, 0.5) is 0 Å². The van der Waals surface area contributed by atoms with Crippen molar-refractivity contribution in [3.8, 4) is 0 Å². The predicted octanol–water partition coefficient (Wildman–Crippen LogP) is 5.00. The van der Waals surface area contributed by atoms with Crippen LogP contribution in [0, 0.1) is 0 Å². The van der Waals surface area contributed by atoms with Gasteiger partial charge in [-0.1, -0.05) is 47.0 Å². The average Bonchev–Trinajstić information content (AvgIpc) is 2.36. The Morgan fingerprint density at radius 2 is 2.00 bits per heavy atom. The van der Waals surface area contributed by atoms with E-state index in [2.05, 4.69) is 6.08 Å². The van der Waals surface area contributed by atoms with Crippen LogP contribution in [0.5, 0.6) is 0 Å². The van der Waals surface area contributed by atoms with Crippen LogP contribution in [0.1, 0.15) is 37.7 Å². The van der Waals surface area contributed by atoms with Crippen LogP contribution in [0.25, 0.3) is 0 Å². The lowest BCUT2D eigenvalue weighted by Gasteiger charge is -2.12. The summed E-state index contributed by atoms with van der Waals surface area (Å²) < 4.78 is 0. The van der Waals surface area contributed by atoms with Crippen molar-refractivity contribution >= 4 is 29.0 Å². The number of Topliss-reactive ketones (excluding diaryl/α,β-unsaturated/α-hetero) is 1. The molecule has 0 spiro atoms. The highest BCUT2D eigenvalue weighted by Crippen LogP contribution is 2.27. The summed E-state index contributed by atoms with van der Waals surface area (Å²) in [6.07, 6.45) is 7.77. The Hall–Kier alpha value is -0.790. The fraction of sp³-hybridized carbons (Fsp3) is 0.400. The van der Waals surface area contributed by atoms with E-state index >= 15 is 0 Å². The molecule has 3 heteroatoms. The molecule has 0 N–H and O–H groups in total. The minimum Gasteiger partial charge on any atom is -0.299 e. The van der Waals surface area contributed by atoms with E-state index in [1.807, 2.05) is 12.1 Å². The first-order valence-electron chi connectivity index (χ1n) is 6.29. The Balaban J connectivity index is 1.98. The molecule has 1 aromatic carbocycles. The summed E-state index contributed by atoms with van der Waals surface area (Å²) in [7, 11) is 0. The number of carbonyl (C=O) groups is 1. The molecular weight excluding hydrogens is 267 g/mol. The van der Waals surface area contributed by atoms with Crippen molar-refractivity contribution in [2.24, 2.45) is 0 Å². The lowest BCUT2D eigenvalue weighted by atomic mass is 9.94. The third kappa shape index (κ3) is 3.60. The topological polar surface area (TPSA) is 17.1 Å². The van der Waals surface area contributed by atoms with Crippen molar-refractivity contribution < 1.29 is 4.79 Å². The maximum Gasteiger partial charge on any atom is 0.141 e. The molecule has 0 atom stereocenters. The van der Waals surface area contributed by atoms with Crippen LogP contribution in [0.2, 0.25) is 10.0 Å². The maximum absolute atomic E-state index is 12.0. The van der Waals surface area contributed by atoms with E-state index in [1.54, 1.807) is 6.07 Å². The van der Waals surface area contributed by atoms with E-state index in [1.165, 1.54) is 18.4 Å². The van der Waals surface area contributed by atoms with Crippen LogP contribution in [0.15, 0.2) is 29.8 Å². The van der Waals surface area contributed by atoms with Gasteiger partial charge in [-0.2, -0.15) is 0 Å². The second-order valence-corrected chi connectivity index (χ2v) is 5.50. The number of ketones is 1. The number of halogens is 2. The summed E-state index contributed by atoms with van der Waals surface area (Å²) in [5.74, 6) is 0.215. The van der Waals surface area contributed by atoms with E-state index in [0.29, 0.717) is 22.9 Å². The third-order valence-corrected chi connectivity index (χ3v) is 4.09. The normalized spacial score (nSPS) is 15.3. The van der Waals surface area contributed by atoms with Crippen LogP contribution >= 0.6 is 23.2 Å². The zero-order valence-electron chi connectivity index (χ0n) is 10.2. The Morgan fingerprint density at radius 3 is 2.72 bits per heavy atom. The van der Waals surface area contributed by atoms with Gasteiger partial charge in [-0.25, -0.2) is 0 Å². The maximum atomic E-state index is 12.0. The molecule has 2 rings (SSSR count). The van der Waals surface area contributed by atoms with Crippen molar-refractivity contribution in [1.82, 2.24) is 0 Å². The zero-order valence-corrected chi connectivity index (χ0v) is 11.7. The van der Waals surface area contributed by atoms with Crippen molar-refractivity contribution in [2.75, 3.05) is 0 Å². The number of carbonyl (C=O) groups excluding carboxylic acids is 1. The molecule has 0 aliphatic heterocycles. The van der Waals surface area contributed by atoms with Gasteiger partial charge >= 0.3 is 0 Å². The molecule has 0 amide bonds. The number of rotatable bonds is 4. The fourth-order valence-corrected chi connectivity index (χ4v) is 2.67. The molecule has 0 fully saturated rings. The smallest absolute Gasteiger partial charge is 0.141 e. The Labute approximate surface area is 118 Å². The molecule has 1 aliphatic carbocycles. The van der Waals surface area contributed by atoms with Crippen LogP contribution in [-0.2, 0) is 11.2 Å². The first kappa shape index (κ1) is 13.6. The number of benzene rings is 1. The molecule has 1 aliphatic rings. The second-order valence-electron chi connectivity index (χ2n) is 4.71. The summed E-state index contributed by atoms with van der Waals surface area (Å²) in [5.41, 5.74) is 2.11. The quantitative estimate of drug-likeness (QED) is 0.711. The van der Waals surface area contributed by atoms with Crippen molar-refractivity contribution in [3.05, 3.63) is 45.5 Å². The van der Waals surface area contributed by atoms with E-state index in [9.17, 15) is 4.79 Å². The Morgan fingerprint density at radius 1 is 1.17 bits per heavy atom. The van der Waals surface area contributed by atoms with Gasteiger partial charge < -0.3 is 0 Å². The van der Waals surface area contributed by atoms with Crippen LogP contribution in [-0.4, -0.2) is 5.78 Å². The fourth-order valence-electron chi connectivity index (χ4n) is 2.28. The predicted molar refractivity (Wildman–Crippen MR) is 76.3 cm³/mol. The summed E-state index contributed by atoms with van der Waals surface area (Å²) in [5, 5.41) is 1.02. The molecule has 0 bridgehead atoms. The highest BCUT2D eigenvalue weighted by molar-refractivity contribution is 6.42. The van der Waals surface area contributed by atoms with Crippen LogP contribution in [0.3, 0.4) is 0 Å². The van der Waals surface area contributed by atoms with Gasteiger partial charge in [0.05, 0.1) is 10.0 Å². The van der Waals surface area contributed by atoms with Crippen molar-refractivity contribution in [3.63, 3.8) is 0 Å². The van der Waals surface area contributed by atoms with Gasteiger partial charge in [0.25, 0.3) is 0 Å². The molecule has 1 aromatic rings. The van der Waals surface area contributed by atoms with Gasteiger partial charge in [-0.3, -0.25) is 4.79 Å². The molecule has 1 nitrogen and oxygen atoms in total. The standard InChI is InChI=1S/C15H16Cl2O/c16-14-8-4-7-12(15(14)17)10-13(18)9-11-5-2-1-3-6-11/h4-5,7-8H,1-3,6,9-10H2. The molecule has 18 heavy (non-hydrogen) atoms. The monoisotopic (exact) mass is 282 g/mol. The van der Waals surface area contributed by atoms with E-state index < -0.39 is 0 Å². The summed E-state index contributed by atoms with van der Waals surface area (Å²) >= 11 is 12.0. The SMILES string of the molecule is O=C(CC1=CCCCC1)Cc1cccc(Cl)c1Cl. The summed E-state index contributed by atoms with van der Waals surface area (Å²) in [4.78, 5) is 12.0. The lowest BCUT2D eigenvalue weighted by molar-refractivity contribution is -0.117. The molecule has 0 aromatic heterocycles. The number of hydrogen-bond donors (Lipinski definition) is 0. The van der Waals surface area contributed by atoms with Crippen molar-refractivity contribution in [1.29, 1.82) is 0 Å². The molecule has 0 saturated heterocycles. The highest BCUT2D eigenvalue weighted by Gasteiger charge is 2.12. The molecule has 0 heterocycles. The number of allylic oxidation sites excluding steroid dienone is 2. The van der Waals surface area contributed by atoms with Gasteiger partial charge in [0, 0.05) is 12.8 Å². The van der Waals surface area contributed by atoms with E-state index in [4.69, 9.17) is 23.2 Å².